The molecule has 0 fully saturated rings. The fourth-order valence-electron chi connectivity index (χ4n) is 2.41. The van der Waals surface area contributed by atoms with Gasteiger partial charge >= 0.3 is 5.97 Å². The Morgan fingerprint density at radius 2 is 1.77 bits per heavy atom. The Hall–Kier alpha value is -2.93. The van der Waals surface area contributed by atoms with Gasteiger partial charge in [-0.1, -0.05) is 30.3 Å². The quantitative estimate of drug-likeness (QED) is 0.639. The van der Waals surface area contributed by atoms with Gasteiger partial charge < -0.3 is 10.1 Å². The Labute approximate surface area is 158 Å². The molecular weight excluding hydrogens is 398 g/mol. The zero-order valence-electron chi connectivity index (χ0n) is 14.0. The molecule has 0 bridgehead atoms. The van der Waals surface area contributed by atoms with Crippen LogP contribution in [0.5, 0.6) is 0 Å². The number of benzene rings is 2. The van der Waals surface area contributed by atoms with Crippen molar-refractivity contribution in [3.8, 4) is 5.69 Å². The summed E-state index contributed by atoms with van der Waals surface area (Å²) in [5, 5.41) is 7.03. The number of aromatic nitrogens is 2. The first kappa shape index (κ1) is 17.9. The highest BCUT2D eigenvalue weighted by Gasteiger charge is 2.22. The number of hydrogen-bond acceptors (Lipinski definition) is 4. The van der Waals surface area contributed by atoms with E-state index in [2.05, 4.69) is 26.3 Å². The number of amides is 1. The van der Waals surface area contributed by atoms with Crippen molar-refractivity contribution in [2.75, 3.05) is 11.9 Å². The molecule has 0 aliphatic carbocycles. The Balaban J connectivity index is 2.03. The van der Waals surface area contributed by atoms with Crippen LogP contribution >= 0.6 is 15.9 Å². The van der Waals surface area contributed by atoms with Crippen LogP contribution in [0, 0.1) is 0 Å². The van der Waals surface area contributed by atoms with E-state index in [4.69, 9.17) is 4.74 Å². The van der Waals surface area contributed by atoms with Crippen LogP contribution in [0.2, 0.25) is 0 Å². The maximum Gasteiger partial charge on any atom is 0.343 e. The molecule has 0 saturated carbocycles. The first-order valence-corrected chi connectivity index (χ1v) is 8.77. The van der Waals surface area contributed by atoms with Gasteiger partial charge in [0.05, 0.1) is 24.1 Å². The molecule has 0 spiro atoms. The second-order valence-electron chi connectivity index (χ2n) is 5.31. The van der Waals surface area contributed by atoms with Crippen molar-refractivity contribution in [3.63, 3.8) is 0 Å². The molecule has 1 aromatic heterocycles. The summed E-state index contributed by atoms with van der Waals surface area (Å²) in [6.45, 7) is 1.95. The van der Waals surface area contributed by atoms with Crippen LogP contribution in [0.15, 0.2) is 65.3 Å². The molecule has 1 amide bonds. The third-order valence-corrected chi connectivity index (χ3v) is 4.31. The number of esters is 1. The lowest BCUT2D eigenvalue weighted by Crippen LogP contribution is -2.18. The average molecular weight is 414 g/mol. The fourth-order valence-corrected chi connectivity index (χ4v) is 2.88. The topological polar surface area (TPSA) is 73.2 Å². The maximum atomic E-state index is 12.7. The predicted molar refractivity (Wildman–Crippen MR) is 102 cm³/mol. The lowest BCUT2D eigenvalue weighted by atomic mass is 10.2. The molecule has 3 aromatic rings. The van der Waals surface area contributed by atoms with Gasteiger partial charge in [-0.2, -0.15) is 5.10 Å². The van der Waals surface area contributed by atoms with E-state index in [1.807, 2.05) is 36.4 Å². The Morgan fingerprint density at radius 3 is 2.46 bits per heavy atom. The van der Waals surface area contributed by atoms with E-state index in [1.54, 1.807) is 25.1 Å². The highest BCUT2D eigenvalue weighted by atomic mass is 79.9. The molecule has 1 N–H and O–H groups in total. The summed E-state index contributed by atoms with van der Waals surface area (Å²) in [4.78, 5) is 25.0. The van der Waals surface area contributed by atoms with Crippen LogP contribution in [-0.4, -0.2) is 28.3 Å². The summed E-state index contributed by atoms with van der Waals surface area (Å²) < 4.78 is 7.23. The van der Waals surface area contributed by atoms with E-state index in [1.165, 1.54) is 10.9 Å². The van der Waals surface area contributed by atoms with Gasteiger partial charge in [0.1, 0.15) is 5.56 Å². The predicted octanol–water partition coefficient (Wildman–Crippen LogP) is 4.06. The molecule has 0 aliphatic heterocycles. The third-order valence-electron chi connectivity index (χ3n) is 3.62. The van der Waals surface area contributed by atoms with Gasteiger partial charge in [-0.25, -0.2) is 9.48 Å². The number of carbonyl (C=O) groups excluding carboxylic acids is 2. The Kier molecular flexibility index (Phi) is 5.48. The SMILES string of the molecule is CCOC(=O)c1cnn(-c2ccccc2)c1NC(=O)c1ccccc1Br. The van der Waals surface area contributed by atoms with Gasteiger partial charge in [0.15, 0.2) is 5.82 Å². The van der Waals surface area contributed by atoms with E-state index in [0.29, 0.717) is 15.7 Å². The number of nitrogens with one attached hydrogen (secondary N) is 1. The largest absolute Gasteiger partial charge is 0.462 e. The molecule has 0 saturated heterocycles. The van der Waals surface area contributed by atoms with Crippen LogP contribution < -0.4 is 5.32 Å². The van der Waals surface area contributed by atoms with Crippen molar-refractivity contribution >= 4 is 33.6 Å². The van der Waals surface area contributed by atoms with Crippen molar-refractivity contribution in [1.29, 1.82) is 0 Å². The number of hydrogen-bond donors (Lipinski definition) is 1. The molecule has 0 radical (unpaired) electrons. The molecule has 2 aromatic carbocycles. The normalized spacial score (nSPS) is 10.4. The molecule has 3 rings (SSSR count). The van der Waals surface area contributed by atoms with Crippen LogP contribution in [0.4, 0.5) is 5.82 Å². The molecule has 26 heavy (non-hydrogen) atoms. The minimum absolute atomic E-state index is 0.191. The van der Waals surface area contributed by atoms with Crippen molar-refractivity contribution in [2.24, 2.45) is 0 Å². The van der Waals surface area contributed by atoms with Crippen molar-refractivity contribution in [2.45, 2.75) is 6.92 Å². The van der Waals surface area contributed by atoms with E-state index in [-0.39, 0.29) is 23.9 Å². The van der Waals surface area contributed by atoms with Crippen molar-refractivity contribution < 1.29 is 14.3 Å². The van der Waals surface area contributed by atoms with Crippen molar-refractivity contribution in [1.82, 2.24) is 9.78 Å². The number of nitrogens with zero attached hydrogens (tertiary/aromatic N) is 2. The average Bonchev–Trinajstić information content (AvgIpc) is 3.06. The van der Waals surface area contributed by atoms with Gasteiger partial charge in [-0.15, -0.1) is 0 Å². The molecule has 0 atom stereocenters. The fraction of sp³-hybridized carbons (Fsp3) is 0.105. The number of anilines is 1. The van der Waals surface area contributed by atoms with Crippen LogP contribution in [0.25, 0.3) is 5.69 Å². The highest BCUT2D eigenvalue weighted by Crippen LogP contribution is 2.23. The molecule has 1 heterocycles. The van der Waals surface area contributed by atoms with Crippen LogP contribution in [-0.2, 0) is 4.74 Å². The van der Waals surface area contributed by atoms with E-state index < -0.39 is 5.97 Å². The highest BCUT2D eigenvalue weighted by molar-refractivity contribution is 9.10. The summed E-state index contributed by atoms with van der Waals surface area (Å²) in [7, 11) is 0. The van der Waals surface area contributed by atoms with Gasteiger partial charge in [0.2, 0.25) is 0 Å². The van der Waals surface area contributed by atoms with Gasteiger partial charge in [-0.3, -0.25) is 4.79 Å². The molecule has 7 heteroatoms. The third kappa shape index (κ3) is 3.67. The van der Waals surface area contributed by atoms with E-state index in [0.717, 1.165) is 0 Å². The molecular formula is C19H16BrN3O3. The summed E-state index contributed by atoms with van der Waals surface area (Å²) in [6.07, 6.45) is 1.39. The summed E-state index contributed by atoms with van der Waals surface area (Å²) in [5.41, 5.74) is 1.35. The van der Waals surface area contributed by atoms with Crippen LogP contribution in [0.1, 0.15) is 27.6 Å². The van der Waals surface area contributed by atoms with E-state index >= 15 is 0 Å². The second-order valence-corrected chi connectivity index (χ2v) is 6.16. The number of para-hydroxylation sites is 1. The second kappa shape index (κ2) is 7.97. The lowest BCUT2D eigenvalue weighted by molar-refractivity contribution is 0.0527. The number of carbonyl (C=O) groups is 2. The first-order valence-electron chi connectivity index (χ1n) is 7.98. The minimum Gasteiger partial charge on any atom is -0.462 e. The molecule has 0 aliphatic rings. The van der Waals surface area contributed by atoms with Crippen molar-refractivity contribution in [3.05, 3.63) is 76.4 Å². The number of halogens is 1. The minimum atomic E-state index is -0.544. The van der Waals surface area contributed by atoms with Gasteiger partial charge in [0.25, 0.3) is 5.91 Å². The summed E-state index contributed by atoms with van der Waals surface area (Å²) >= 11 is 3.36. The summed E-state index contributed by atoms with van der Waals surface area (Å²) in [6, 6.07) is 16.3. The standard InChI is InChI=1S/C19H16BrN3O3/c1-2-26-19(25)15-12-21-23(13-8-4-3-5-9-13)17(15)22-18(24)14-10-6-7-11-16(14)20/h3-12H,2H2,1H3,(H,22,24). The van der Waals surface area contributed by atoms with E-state index in [9.17, 15) is 9.59 Å². The van der Waals surface area contributed by atoms with Gasteiger partial charge in [0, 0.05) is 4.47 Å². The van der Waals surface area contributed by atoms with Crippen LogP contribution in [0.3, 0.4) is 0 Å². The monoisotopic (exact) mass is 413 g/mol. The zero-order valence-corrected chi connectivity index (χ0v) is 15.6. The maximum absolute atomic E-state index is 12.7. The molecule has 0 unspecified atom stereocenters. The first-order chi connectivity index (χ1) is 12.6. The smallest absolute Gasteiger partial charge is 0.343 e. The molecule has 6 nitrogen and oxygen atoms in total. The number of rotatable bonds is 5. The zero-order chi connectivity index (χ0) is 18.5. The van der Waals surface area contributed by atoms with Gasteiger partial charge in [-0.05, 0) is 47.1 Å². The Morgan fingerprint density at radius 1 is 1.08 bits per heavy atom. The summed E-state index contributed by atoms with van der Waals surface area (Å²) in [5.74, 6) is -0.645. The lowest BCUT2D eigenvalue weighted by Gasteiger charge is -2.11. The number of ether oxygens (including phenoxy) is 1. The molecule has 132 valence electrons. The Bertz CT molecular complexity index is 938.